The number of rotatable bonds is 5. The average molecular weight is 310 g/mol. The number of benzene rings is 1. The van der Waals surface area contributed by atoms with Gasteiger partial charge < -0.3 is 4.90 Å². The van der Waals surface area contributed by atoms with Gasteiger partial charge in [-0.15, -0.1) is 11.3 Å². The first kappa shape index (κ1) is 12.7. The first-order valence-electron chi connectivity index (χ1n) is 5.68. The quantitative estimate of drug-likeness (QED) is 0.743. The molecule has 1 heterocycles. The van der Waals surface area contributed by atoms with Crippen LogP contribution in [0.1, 0.15) is 10.4 Å². The molecule has 2 aromatic rings. The van der Waals surface area contributed by atoms with Gasteiger partial charge in [-0.05, 0) is 29.5 Å². The topological polar surface area (TPSA) is 3.24 Å². The Kier molecular flexibility index (Phi) is 4.63. The molecule has 0 unspecified atom stereocenters. The van der Waals surface area contributed by atoms with Gasteiger partial charge in [-0.2, -0.15) is 0 Å². The molecule has 0 radical (unpaired) electrons. The van der Waals surface area contributed by atoms with Crippen LogP contribution in [0.4, 0.5) is 5.69 Å². The molecule has 0 aliphatic heterocycles. The zero-order valence-electron chi connectivity index (χ0n) is 9.90. The molecule has 0 saturated carbocycles. The average Bonchev–Trinajstić information content (AvgIpc) is 2.89. The van der Waals surface area contributed by atoms with Crippen LogP contribution in [0.15, 0.2) is 41.8 Å². The summed E-state index contributed by atoms with van der Waals surface area (Å²) in [5.41, 5.74) is 2.67. The van der Waals surface area contributed by atoms with E-state index in [9.17, 15) is 0 Å². The van der Waals surface area contributed by atoms with Gasteiger partial charge in [0.15, 0.2) is 0 Å². The number of para-hydroxylation sites is 1. The lowest BCUT2D eigenvalue weighted by molar-refractivity contribution is 0.883. The fourth-order valence-electron chi connectivity index (χ4n) is 1.85. The summed E-state index contributed by atoms with van der Waals surface area (Å²) in [6.45, 7) is 1.06. The summed E-state index contributed by atoms with van der Waals surface area (Å²) in [5.74, 6) is 0. The predicted molar refractivity (Wildman–Crippen MR) is 80.4 cm³/mol. The Morgan fingerprint density at radius 2 is 2.00 bits per heavy atom. The van der Waals surface area contributed by atoms with Gasteiger partial charge in [-0.25, -0.2) is 0 Å². The molecule has 17 heavy (non-hydrogen) atoms. The molecule has 1 aromatic heterocycles. The zero-order chi connectivity index (χ0) is 12.1. The monoisotopic (exact) mass is 309 g/mol. The highest BCUT2D eigenvalue weighted by molar-refractivity contribution is 9.08. The van der Waals surface area contributed by atoms with Gasteiger partial charge in [0.05, 0.1) is 0 Å². The van der Waals surface area contributed by atoms with Crippen molar-refractivity contribution in [1.29, 1.82) is 0 Å². The van der Waals surface area contributed by atoms with Gasteiger partial charge >= 0.3 is 0 Å². The highest BCUT2D eigenvalue weighted by atomic mass is 79.9. The van der Waals surface area contributed by atoms with Crippen LogP contribution < -0.4 is 4.90 Å². The zero-order valence-corrected chi connectivity index (χ0v) is 12.3. The molecule has 0 bridgehead atoms. The highest BCUT2D eigenvalue weighted by Gasteiger charge is 2.06. The van der Waals surface area contributed by atoms with Crippen molar-refractivity contribution >= 4 is 33.0 Å². The largest absolute Gasteiger partial charge is 0.374 e. The summed E-state index contributed by atoms with van der Waals surface area (Å²) < 4.78 is 0. The van der Waals surface area contributed by atoms with Crippen LogP contribution in [-0.2, 0) is 11.8 Å². The standard InChI is InChI=1S/C14H16BrNS/c1-16(9-8-13-6-4-10-17-13)14-7-3-2-5-12(14)11-15/h2-7,10H,8-9,11H2,1H3. The van der Waals surface area contributed by atoms with E-state index < -0.39 is 0 Å². The minimum absolute atomic E-state index is 0.909. The predicted octanol–water partition coefficient (Wildman–Crippen LogP) is 4.32. The van der Waals surface area contributed by atoms with Gasteiger partial charge in [-0.3, -0.25) is 0 Å². The second-order valence-electron chi connectivity index (χ2n) is 4.01. The molecule has 0 fully saturated rings. The number of alkyl halides is 1. The molecule has 90 valence electrons. The Hall–Kier alpha value is -0.800. The molecular formula is C14H16BrNS. The van der Waals surface area contributed by atoms with E-state index in [0.717, 1.165) is 18.3 Å². The van der Waals surface area contributed by atoms with Crippen LogP contribution in [-0.4, -0.2) is 13.6 Å². The number of hydrogen-bond acceptors (Lipinski definition) is 2. The highest BCUT2D eigenvalue weighted by Crippen LogP contribution is 2.22. The summed E-state index contributed by atoms with van der Waals surface area (Å²) in [6.07, 6.45) is 1.12. The van der Waals surface area contributed by atoms with Crippen LogP contribution in [0.25, 0.3) is 0 Å². The molecule has 0 aliphatic rings. The number of halogens is 1. The Bertz CT molecular complexity index is 453. The molecular weight excluding hydrogens is 294 g/mol. The van der Waals surface area contributed by atoms with Crippen molar-refractivity contribution in [3.8, 4) is 0 Å². The maximum Gasteiger partial charge on any atom is 0.0404 e. The van der Waals surface area contributed by atoms with Crippen molar-refractivity contribution in [2.75, 3.05) is 18.5 Å². The lowest BCUT2D eigenvalue weighted by atomic mass is 10.2. The van der Waals surface area contributed by atoms with Crippen molar-refractivity contribution in [3.63, 3.8) is 0 Å². The van der Waals surface area contributed by atoms with Crippen molar-refractivity contribution in [3.05, 3.63) is 52.2 Å². The molecule has 3 heteroatoms. The van der Waals surface area contributed by atoms with Crippen molar-refractivity contribution in [1.82, 2.24) is 0 Å². The van der Waals surface area contributed by atoms with E-state index >= 15 is 0 Å². The van der Waals surface area contributed by atoms with E-state index in [1.165, 1.54) is 16.1 Å². The van der Waals surface area contributed by atoms with E-state index in [0.29, 0.717) is 0 Å². The number of nitrogens with zero attached hydrogens (tertiary/aromatic N) is 1. The van der Waals surface area contributed by atoms with Gasteiger partial charge in [0.25, 0.3) is 0 Å². The molecule has 0 amide bonds. The second kappa shape index (κ2) is 6.22. The van der Waals surface area contributed by atoms with Crippen LogP contribution in [0, 0.1) is 0 Å². The molecule has 0 aliphatic carbocycles. The first-order valence-corrected chi connectivity index (χ1v) is 7.69. The summed E-state index contributed by atoms with van der Waals surface area (Å²) in [6, 6.07) is 12.9. The van der Waals surface area contributed by atoms with Crippen LogP contribution in [0.3, 0.4) is 0 Å². The van der Waals surface area contributed by atoms with Gasteiger partial charge in [0.2, 0.25) is 0 Å². The third-order valence-corrected chi connectivity index (χ3v) is 4.36. The molecule has 0 N–H and O–H groups in total. The SMILES string of the molecule is CN(CCc1cccs1)c1ccccc1CBr. The van der Waals surface area contributed by atoms with Crippen molar-refractivity contribution in [2.24, 2.45) is 0 Å². The minimum atomic E-state index is 0.909. The second-order valence-corrected chi connectivity index (χ2v) is 5.61. The van der Waals surface area contributed by atoms with Crippen LogP contribution >= 0.6 is 27.3 Å². The van der Waals surface area contributed by atoms with E-state index in [1.54, 1.807) is 0 Å². The minimum Gasteiger partial charge on any atom is -0.374 e. The fourth-order valence-corrected chi connectivity index (χ4v) is 3.02. The van der Waals surface area contributed by atoms with Crippen molar-refractivity contribution < 1.29 is 0 Å². The summed E-state index contributed by atoms with van der Waals surface area (Å²) in [5, 5.41) is 3.05. The maximum absolute atomic E-state index is 3.54. The van der Waals surface area contributed by atoms with Gasteiger partial charge in [-0.1, -0.05) is 40.2 Å². The summed E-state index contributed by atoms with van der Waals surface area (Å²) in [7, 11) is 2.16. The molecule has 1 aromatic carbocycles. The molecule has 0 spiro atoms. The third kappa shape index (κ3) is 3.33. The Morgan fingerprint density at radius 3 is 2.71 bits per heavy atom. The molecule has 0 atom stereocenters. The van der Waals surface area contributed by atoms with E-state index in [4.69, 9.17) is 0 Å². The van der Waals surface area contributed by atoms with Crippen molar-refractivity contribution in [2.45, 2.75) is 11.8 Å². The number of hydrogen-bond donors (Lipinski definition) is 0. The van der Waals surface area contributed by atoms with Crippen LogP contribution in [0.2, 0.25) is 0 Å². The van der Waals surface area contributed by atoms with E-state index in [1.807, 2.05) is 11.3 Å². The Balaban J connectivity index is 2.01. The number of thiophene rings is 1. The normalized spacial score (nSPS) is 10.5. The number of likely N-dealkylation sites (N-methyl/N-ethyl adjacent to an activating group) is 1. The molecule has 0 saturated heterocycles. The van der Waals surface area contributed by atoms with E-state index in [2.05, 4.69) is 69.7 Å². The fraction of sp³-hybridized carbons (Fsp3) is 0.286. The lowest BCUT2D eigenvalue weighted by Crippen LogP contribution is -2.21. The molecule has 1 nitrogen and oxygen atoms in total. The summed E-state index contributed by atoms with van der Waals surface area (Å²) >= 11 is 5.38. The van der Waals surface area contributed by atoms with E-state index in [-0.39, 0.29) is 0 Å². The smallest absolute Gasteiger partial charge is 0.0404 e. The van der Waals surface area contributed by atoms with Gasteiger partial charge in [0.1, 0.15) is 0 Å². The Morgan fingerprint density at radius 1 is 1.18 bits per heavy atom. The summed E-state index contributed by atoms with van der Waals surface area (Å²) in [4.78, 5) is 3.78. The Labute approximate surface area is 115 Å². The van der Waals surface area contributed by atoms with Gasteiger partial charge in [0, 0.05) is 29.5 Å². The third-order valence-electron chi connectivity index (χ3n) is 2.82. The maximum atomic E-state index is 3.54. The molecule has 2 rings (SSSR count). The van der Waals surface area contributed by atoms with Crippen LogP contribution in [0.5, 0.6) is 0 Å². The lowest BCUT2D eigenvalue weighted by Gasteiger charge is -2.21. The number of anilines is 1. The first-order chi connectivity index (χ1) is 8.31.